The summed E-state index contributed by atoms with van der Waals surface area (Å²) in [6, 6.07) is -0.621. The average Bonchev–Trinajstić information content (AvgIpc) is 3.17. The molecule has 0 saturated heterocycles. The molecule has 0 fully saturated rings. The second kappa shape index (κ2) is 39.6. The summed E-state index contributed by atoms with van der Waals surface area (Å²) in [5, 5.41) is 9.62. The second-order valence-corrected chi connectivity index (χ2v) is 15.9. The Balaban J connectivity index is 4.36. The van der Waals surface area contributed by atoms with Crippen LogP contribution in [0, 0.1) is 0 Å². The predicted molar refractivity (Wildman–Crippen MR) is 238 cm³/mol. The zero-order valence-electron chi connectivity index (χ0n) is 37.0. The Morgan fingerprint density at radius 3 is 1.37 bits per heavy atom. The van der Waals surface area contributed by atoms with Crippen LogP contribution < -0.4 is 0 Å². The molecule has 2 atom stereocenters. The SMILES string of the molecule is CC/C=C/C/C=C/C/C=C/C/C=C/CCCCCCCCC(=O)OCC(COCCC(C(=O)O)[N+](C)(C)C)OC(=O)CCCCCCCCC/C=C/C/C=C/CC. The van der Waals surface area contributed by atoms with Crippen LogP contribution in [0.25, 0.3) is 0 Å². The fourth-order valence-corrected chi connectivity index (χ4v) is 6.18. The van der Waals surface area contributed by atoms with Crippen LogP contribution in [-0.2, 0) is 28.6 Å². The number of likely N-dealkylation sites (N-methyl/N-ethyl adjacent to an activating group) is 1. The van der Waals surface area contributed by atoms with Gasteiger partial charge in [-0.25, -0.2) is 4.79 Å². The lowest BCUT2D eigenvalue weighted by atomic mass is 10.1. The summed E-state index contributed by atoms with van der Waals surface area (Å²) in [5.74, 6) is -1.50. The molecule has 0 aromatic rings. The quantitative estimate of drug-likeness (QED) is 0.0286. The Hall–Kier alpha value is -3.23. The number of esters is 2. The van der Waals surface area contributed by atoms with E-state index in [1.165, 1.54) is 38.5 Å². The van der Waals surface area contributed by atoms with Crippen LogP contribution in [0.4, 0.5) is 0 Å². The van der Waals surface area contributed by atoms with Crippen molar-refractivity contribution >= 4 is 17.9 Å². The van der Waals surface area contributed by atoms with Crippen molar-refractivity contribution < 1.29 is 38.2 Å². The van der Waals surface area contributed by atoms with Crippen LogP contribution in [-0.4, -0.2) is 80.6 Å². The van der Waals surface area contributed by atoms with E-state index in [0.717, 1.165) is 96.3 Å². The Bertz CT molecular complexity index is 1160. The third-order valence-electron chi connectivity index (χ3n) is 9.60. The average molecular weight is 799 g/mol. The summed E-state index contributed by atoms with van der Waals surface area (Å²) in [4.78, 5) is 37.0. The van der Waals surface area contributed by atoms with Gasteiger partial charge in [0.1, 0.15) is 6.61 Å². The monoisotopic (exact) mass is 799 g/mol. The zero-order valence-corrected chi connectivity index (χ0v) is 37.0. The fraction of sp³-hybridized carbons (Fsp3) is 0.694. The maximum atomic E-state index is 12.7. The van der Waals surface area contributed by atoms with Gasteiger partial charge in [0.05, 0.1) is 34.4 Å². The maximum absolute atomic E-state index is 12.7. The lowest BCUT2D eigenvalue weighted by Crippen LogP contribution is -2.50. The highest BCUT2D eigenvalue weighted by molar-refractivity contribution is 5.72. The molecule has 2 unspecified atom stereocenters. The van der Waals surface area contributed by atoms with Gasteiger partial charge in [-0.15, -0.1) is 0 Å². The van der Waals surface area contributed by atoms with Crippen molar-refractivity contribution in [3.05, 3.63) is 72.9 Å². The standard InChI is InChI=1S/C49H83NO7/c1-6-8-10-12-14-16-18-20-22-23-24-25-26-28-29-31-33-35-37-39-47(51)56-44-45(43-55-42-41-46(49(53)54)50(3,4)5)57-48(52)40-38-36-34-32-30-27-21-19-17-15-13-11-9-7-2/h8-11,14-17,20,22,24-25,45-46H,6-7,12-13,18-19,21,23,26-44H2,1-5H3/p+1/b10-8+,11-9+,16-14+,17-15+,22-20+,25-24+. The molecule has 0 amide bonds. The van der Waals surface area contributed by atoms with Gasteiger partial charge in [0.2, 0.25) is 0 Å². The first-order chi connectivity index (χ1) is 27.6. The van der Waals surface area contributed by atoms with Gasteiger partial charge in [-0.1, -0.05) is 145 Å². The number of carbonyl (C=O) groups is 3. The number of rotatable bonds is 39. The van der Waals surface area contributed by atoms with Crippen molar-refractivity contribution in [2.24, 2.45) is 0 Å². The van der Waals surface area contributed by atoms with Gasteiger partial charge in [0, 0.05) is 19.3 Å². The first-order valence-corrected chi connectivity index (χ1v) is 22.5. The Labute approximate surface area is 349 Å². The Morgan fingerprint density at radius 2 is 0.930 bits per heavy atom. The van der Waals surface area contributed by atoms with Crippen LogP contribution in [0.3, 0.4) is 0 Å². The van der Waals surface area contributed by atoms with E-state index in [9.17, 15) is 19.5 Å². The molecule has 0 radical (unpaired) electrons. The van der Waals surface area contributed by atoms with Gasteiger partial charge in [-0.3, -0.25) is 9.59 Å². The van der Waals surface area contributed by atoms with Crippen LogP contribution in [0.2, 0.25) is 0 Å². The van der Waals surface area contributed by atoms with E-state index < -0.39 is 18.1 Å². The molecule has 0 aromatic carbocycles. The maximum Gasteiger partial charge on any atom is 0.362 e. The number of hydrogen-bond acceptors (Lipinski definition) is 6. The highest BCUT2D eigenvalue weighted by atomic mass is 16.6. The molecule has 0 saturated carbocycles. The minimum Gasteiger partial charge on any atom is -0.477 e. The fourth-order valence-electron chi connectivity index (χ4n) is 6.18. The minimum atomic E-state index is -0.881. The van der Waals surface area contributed by atoms with Crippen LogP contribution >= 0.6 is 0 Å². The predicted octanol–water partition coefficient (Wildman–Crippen LogP) is 12.4. The molecule has 8 nitrogen and oxygen atoms in total. The van der Waals surface area contributed by atoms with Crippen molar-refractivity contribution in [3.8, 4) is 0 Å². The number of quaternary nitrogens is 1. The molecule has 0 aliphatic heterocycles. The molecule has 0 bridgehead atoms. The lowest BCUT2D eigenvalue weighted by molar-refractivity contribution is -0.887. The first kappa shape index (κ1) is 53.8. The van der Waals surface area contributed by atoms with Gasteiger partial charge >= 0.3 is 17.9 Å². The summed E-state index contributed by atoms with van der Waals surface area (Å²) in [6.45, 7) is 4.48. The minimum absolute atomic E-state index is 0.0496. The van der Waals surface area contributed by atoms with E-state index >= 15 is 0 Å². The number of carbonyl (C=O) groups excluding carboxylic acids is 2. The van der Waals surface area contributed by atoms with Gasteiger partial charge < -0.3 is 23.8 Å². The normalized spacial score (nSPS) is 13.6. The molecule has 0 rings (SSSR count). The van der Waals surface area contributed by atoms with Crippen molar-refractivity contribution in [1.29, 1.82) is 0 Å². The summed E-state index contributed by atoms with van der Waals surface area (Å²) < 4.78 is 17.3. The van der Waals surface area contributed by atoms with Crippen LogP contribution in [0.5, 0.6) is 0 Å². The van der Waals surface area contributed by atoms with Crippen molar-refractivity contribution in [2.45, 2.75) is 180 Å². The third-order valence-corrected chi connectivity index (χ3v) is 9.60. The Kier molecular flexibility index (Phi) is 37.3. The first-order valence-electron chi connectivity index (χ1n) is 22.5. The highest BCUT2D eigenvalue weighted by Gasteiger charge is 2.31. The van der Waals surface area contributed by atoms with E-state index in [-0.39, 0.29) is 36.2 Å². The topological polar surface area (TPSA) is 99.1 Å². The van der Waals surface area contributed by atoms with Gasteiger partial charge in [-0.2, -0.15) is 0 Å². The van der Waals surface area contributed by atoms with Gasteiger partial charge in [-0.05, 0) is 77.0 Å². The van der Waals surface area contributed by atoms with Gasteiger partial charge in [0.15, 0.2) is 12.1 Å². The molecule has 0 aliphatic carbocycles. The van der Waals surface area contributed by atoms with Crippen molar-refractivity contribution in [2.75, 3.05) is 41.0 Å². The number of carboxylic acids is 1. The lowest BCUT2D eigenvalue weighted by Gasteiger charge is -2.31. The molecule has 0 spiro atoms. The number of allylic oxidation sites excluding steroid dienone is 12. The molecule has 0 heterocycles. The van der Waals surface area contributed by atoms with E-state index in [0.29, 0.717) is 19.3 Å². The number of hydrogen-bond donors (Lipinski definition) is 1. The summed E-state index contributed by atoms with van der Waals surface area (Å²) in [7, 11) is 5.51. The second-order valence-electron chi connectivity index (χ2n) is 15.9. The molecular formula is C49H84NO7+. The van der Waals surface area contributed by atoms with E-state index in [1.54, 1.807) is 0 Å². The van der Waals surface area contributed by atoms with Crippen LogP contribution in [0.1, 0.15) is 168 Å². The summed E-state index contributed by atoms with van der Waals surface area (Å²) in [5.41, 5.74) is 0. The van der Waals surface area contributed by atoms with Crippen molar-refractivity contribution in [3.63, 3.8) is 0 Å². The summed E-state index contributed by atoms with van der Waals surface area (Å²) in [6.07, 6.45) is 49.4. The highest BCUT2D eigenvalue weighted by Crippen LogP contribution is 2.14. The van der Waals surface area contributed by atoms with Crippen LogP contribution in [0.15, 0.2) is 72.9 Å². The third kappa shape index (κ3) is 38.1. The van der Waals surface area contributed by atoms with E-state index in [2.05, 4.69) is 86.8 Å². The molecule has 8 heteroatoms. The van der Waals surface area contributed by atoms with E-state index in [1.807, 2.05) is 21.1 Å². The molecule has 0 aliphatic rings. The molecule has 0 aromatic heterocycles. The number of carboxylic acid groups (broad SMARTS) is 1. The molecule has 1 N–H and O–H groups in total. The number of aliphatic carboxylic acids is 1. The number of ether oxygens (including phenoxy) is 3. The molecule has 326 valence electrons. The largest absolute Gasteiger partial charge is 0.477 e. The Morgan fingerprint density at radius 1 is 0.526 bits per heavy atom. The zero-order chi connectivity index (χ0) is 42.1. The smallest absolute Gasteiger partial charge is 0.362 e. The molecular weight excluding hydrogens is 715 g/mol. The van der Waals surface area contributed by atoms with Crippen molar-refractivity contribution in [1.82, 2.24) is 0 Å². The van der Waals surface area contributed by atoms with Gasteiger partial charge in [0.25, 0.3) is 0 Å². The number of unbranched alkanes of at least 4 members (excludes halogenated alkanes) is 13. The molecule has 57 heavy (non-hydrogen) atoms. The number of nitrogens with zero attached hydrogens (tertiary/aromatic N) is 1. The van der Waals surface area contributed by atoms with E-state index in [4.69, 9.17) is 14.2 Å². The summed E-state index contributed by atoms with van der Waals surface area (Å²) >= 11 is 0.